The maximum absolute atomic E-state index is 13.1. The molecule has 0 unspecified atom stereocenters. The standard InChI is InChI=1S/C22H20ClF3N4O3S/c1-33-17-5-2-15(3-6-17)19-13-21(28-14-27-19)29-8-10-30(11-9-29)34(31,32)20-12-16(22(24,25)26)4-7-18(20)23/h2-7,12-14H,8-11H2,1H3. The zero-order valence-corrected chi connectivity index (χ0v) is 19.5. The van der Waals surface area contributed by atoms with Crippen molar-refractivity contribution in [2.45, 2.75) is 11.1 Å². The van der Waals surface area contributed by atoms with E-state index in [1.165, 1.54) is 6.33 Å². The Labute approximate surface area is 199 Å². The van der Waals surface area contributed by atoms with Crippen molar-refractivity contribution in [3.05, 3.63) is 65.4 Å². The van der Waals surface area contributed by atoms with Crippen molar-refractivity contribution < 1.29 is 26.3 Å². The van der Waals surface area contributed by atoms with Crippen LogP contribution in [0.25, 0.3) is 11.3 Å². The summed E-state index contributed by atoms with van der Waals surface area (Å²) in [5, 5.41) is -0.254. The number of aromatic nitrogens is 2. The molecule has 0 amide bonds. The molecule has 180 valence electrons. The largest absolute Gasteiger partial charge is 0.497 e. The fraction of sp³-hybridized carbons (Fsp3) is 0.273. The van der Waals surface area contributed by atoms with Crippen LogP contribution in [0.15, 0.2) is 59.8 Å². The summed E-state index contributed by atoms with van der Waals surface area (Å²) < 4.78 is 71.6. The van der Waals surface area contributed by atoms with Gasteiger partial charge in [-0.3, -0.25) is 0 Å². The van der Waals surface area contributed by atoms with Crippen molar-refractivity contribution in [3.63, 3.8) is 0 Å². The van der Waals surface area contributed by atoms with Gasteiger partial charge in [0.25, 0.3) is 0 Å². The molecule has 1 aromatic heterocycles. The number of halogens is 4. The number of alkyl halides is 3. The van der Waals surface area contributed by atoms with E-state index in [-0.39, 0.29) is 18.1 Å². The zero-order chi connectivity index (χ0) is 24.5. The summed E-state index contributed by atoms with van der Waals surface area (Å²) in [7, 11) is -2.63. The van der Waals surface area contributed by atoms with Gasteiger partial charge in [0.05, 0.1) is 23.4 Å². The maximum atomic E-state index is 13.1. The first-order valence-corrected chi connectivity index (χ1v) is 12.0. The number of nitrogens with zero attached hydrogens (tertiary/aromatic N) is 4. The Balaban J connectivity index is 1.50. The highest BCUT2D eigenvalue weighted by Gasteiger charge is 2.35. The van der Waals surface area contributed by atoms with E-state index in [9.17, 15) is 21.6 Å². The highest BCUT2D eigenvalue weighted by atomic mass is 35.5. The molecular weight excluding hydrogens is 493 g/mol. The lowest BCUT2D eigenvalue weighted by Gasteiger charge is -2.34. The summed E-state index contributed by atoms with van der Waals surface area (Å²) in [4.78, 5) is 9.94. The van der Waals surface area contributed by atoms with E-state index < -0.39 is 26.7 Å². The topological polar surface area (TPSA) is 75.6 Å². The third-order valence-corrected chi connectivity index (χ3v) is 7.86. The number of sulfonamides is 1. The SMILES string of the molecule is COc1ccc(-c2cc(N3CCN(S(=O)(=O)c4cc(C(F)(F)F)ccc4Cl)CC3)ncn2)cc1. The van der Waals surface area contributed by atoms with Crippen LogP contribution < -0.4 is 9.64 Å². The number of hydrogen-bond acceptors (Lipinski definition) is 6. The fourth-order valence-electron chi connectivity index (χ4n) is 3.61. The first-order valence-electron chi connectivity index (χ1n) is 10.2. The van der Waals surface area contributed by atoms with Gasteiger partial charge in [-0.2, -0.15) is 17.5 Å². The van der Waals surface area contributed by atoms with E-state index in [1.54, 1.807) is 13.2 Å². The molecule has 1 saturated heterocycles. The Morgan fingerprint density at radius 1 is 0.971 bits per heavy atom. The Morgan fingerprint density at radius 3 is 2.26 bits per heavy atom. The van der Waals surface area contributed by atoms with Crippen LogP contribution in [0.2, 0.25) is 5.02 Å². The molecule has 0 atom stereocenters. The monoisotopic (exact) mass is 512 g/mol. The van der Waals surface area contributed by atoms with Gasteiger partial charge in [-0.15, -0.1) is 0 Å². The van der Waals surface area contributed by atoms with Crippen LogP contribution in [0, 0.1) is 0 Å². The van der Waals surface area contributed by atoms with Gasteiger partial charge >= 0.3 is 6.18 Å². The summed E-state index contributed by atoms with van der Waals surface area (Å²) in [5.74, 6) is 1.34. The van der Waals surface area contributed by atoms with E-state index in [0.717, 1.165) is 27.8 Å². The van der Waals surface area contributed by atoms with Crippen molar-refractivity contribution in [1.29, 1.82) is 0 Å². The molecule has 0 aliphatic carbocycles. The molecule has 0 bridgehead atoms. The molecule has 1 aliphatic heterocycles. The molecule has 2 heterocycles. The molecule has 4 rings (SSSR count). The van der Waals surface area contributed by atoms with Crippen molar-refractivity contribution in [2.75, 3.05) is 38.2 Å². The second-order valence-electron chi connectivity index (χ2n) is 7.52. The van der Waals surface area contributed by atoms with Gasteiger partial charge in [-0.1, -0.05) is 11.6 Å². The molecule has 34 heavy (non-hydrogen) atoms. The lowest BCUT2D eigenvalue weighted by atomic mass is 10.1. The van der Waals surface area contributed by atoms with Crippen LogP contribution in [-0.4, -0.2) is 56.0 Å². The molecule has 7 nitrogen and oxygen atoms in total. The summed E-state index contributed by atoms with van der Waals surface area (Å²) in [6, 6.07) is 11.5. The average molecular weight is 513 g/mol. The average Bonchev–Trinajstić information content (AvgIpc) is 2.83. The van der Waals surface area contributed by atoms with Gasteiger partial charge in [-0.05, 0) is 42.5 Å². The van der Waals surface area contributed by atoms with Crippen LogP contribution in [-0.2, 0) is 16.2 Å². The van der Waals surface area contributed by atoms with Gasteiger partial charge in [-0.25, -0.2) is 18.4 Å². The van der Waals surface area contributed by atoms with E-state index in [1.807, 2.05) is 29.2 Å². The summed E-state index contributed by atoms with van der Waals surface area (Å²) in [5.41, 5.74) is 0.490. The van der Waals surface area contributed by atoms with Crippen LogP contribution in [0.1, 0.15) is 5.56 Å². The van der Waals surface area contributed by atoms with Crippen LogP contribution in [0.4, 0.5) is 19.0 Å². The molecule has 1 fully saturated rings. The lowest BCUT2D eigenvalue weighted by Crippen LogP contribution is -2.49. The van der Waals surface area contributed by atoms with Crippen molar-refractivity contribution >= 4 is 27.4 Å². The second kappa shape index (κ2) is 9.40. The van der Waals surface area contributed by atoms with E-state index in [0.29, 0.717) is 30.7 Å². The quantitative estimate of drug-likeness (QED) is 0.506. The van der Waals surface area contributed by atoms with Crippen LogP contribution in [0.3, 0.4) is 0 Å². The van der Waals surface area contributed by atoms with Crippen LogP contribution >= 0.6 is 11.6 Å². The molecule has 0 spiro atoms. The Kier molecular flexibility index (Phi) is 6.70. The van der Waals surface area contributed by atoms with E-state index in [2.05, 4.69) is 9.97 Å². The number of piperazine rings is 1. The Bertz CT molecular complexity index is 1280. The fourth-order valence-corrected chi connectivity index (χ4v) is 5.54. The Hall–Kier alpha value is -2.89. The minimum atomic E-state index is -4.68. The molecular formula is C22H20ClF3N4O3S. The Morgan fingerprint density at radius 2 is 1.65 bits per heavy atom. The zero-order valence-electron chi connectivity index (χ0n) is 18.0. The van der Waals surface area contributed by atoms with Crippen molar-refractivity contribution in [1.82, 2.24) is 14.3 Å². The molecule has 12 heteroatoms. The smallest absolute Gasteiger partial charge is 0.416 e. The summed E-state index contributed by atoms with van der Waals surface area (Å²) in [6.07, 6.45) is -3.25. The lowest BCUT2D eigenvalue weighted by molar-refractivity contribution is -0.137. The third kappa shape index (κ3) is 4.96. The van der Waals surface area contributed by atoms with E-state index >= 15 is 0 Å². The molecule has 0 saturated carbocycles. The summed E-state index contributed by atoms with van der Waals surface area (Å²) in [6.45, 7) is 0.733. The first-order chi connectivity index (χ1) is 16.1. The predicted octanol–water partition coefficient (Wildman–Crippen LogP) is 4.34. The normalized spacial score (nSPS) is 15.4. The summed E-state index contributed by atoms with van der Waals surface area (Å²) >= 11 is 5.96. The van der Waals surface area contributed by atoms with Gasteiger partial charge in [0.2, 0.25) is 10.0 Å². The van der Waals surface area contributed by atoms with Gasteiger partial charge < -0.3 is 9.64 Å². The molecule has 0 N–H and O–H groups in total. The number of hydrogen-bond donors (Lipinski definition) is 0. The highest BCUT2D eigenvalue weighted by molar-refractivity contribution is 7.89. The molecule has 2 aromatic carbocycles. The number of benzene rings is 2. The molecule has 3 aromatic rings. The minimum Gasteiger partial charge on any atom is -0.497 e. The minimum absolute atomic E-state index is 0.0662. The highest BCUT2D eigenvalue weighted by Crippen LogP contribution is 2.35. The van der Waals surface area contributed by atoms with Gasteiger partial charge in [0.1, 0.15) is 22.8 Å². The van der Waals surface area contributed by atoms with E-state index in [4.69, 9.17) is 16.3 Å². The van der Waals surface area contributed by atoms with Crippen molar-refractivity contribution in [2.24, 2.45) is 0 Å². The molecule has 1 aliphatic rings. The van der Waals surface area contributed by atoms with Crippen molar-refractivity contribution in [3.8, 4) is 17.0 Å². The first kappa shape index (κ1) is 24.2. The number of anilines is 1. The predicted molar refractivity (Wildman–Crippen MR) is 121 cm³/mol. The van der Waals surface area contributed by atoms with Gasteiger partial charge in [0.15, 0.2) is 0 Å². The molecule has 0 radical (unpaired) electrons. The van der Waals surface area contributed by atoms with Crippen LogP contribution in [0.5, 0.6) is 5.75 Å². The number of ether oxygens (including phenoxy) is 1. The second-order valence-corrected chi connectivity index (χ2v) is 9.84. The number of rotatable bonds is 5. The third-order valence-electron chi connectivity index (χ3n) is 5.48. The van der Waals surface area contributed by atoms with Gasteiger partial charge in [0, 0.05) is 37.8 Å². The maximum Gasteiger partial charge on any atom is 0.416 e. The number of methoxy groups -OCH3 is 1.